The molecule has 0 amide bonds. The Morgan fingerprint density at radius 2 is 1.28 bits per heavy atom. The average molecular weight is 262 g/mol. The van der Waals surface area contributed by atoms with Gasteiger partial charge in [-0.15, -0.1) is 0 Å². The fourth-order valence-electron chi connectivity index (χ4n) is 1.26. The van der Waals surface area contributed by atoms with Gasteiger partial charge in [0.05, 0.1) is 39.6 Å². The summed E-state index contributed by atoms with van der Waals surface area (Å²) in [6.45, 7) is 5.87. The Bertz CT molecular complexity index is 184. The first-order valence-electron chi connectivity index (χ1n) is 6.49. The van der Waals surface area contributed by atoms with Crippen molar-refractivity contribution in [1.29, 1.82) is 0 Å². The van der Waals surface area contributed by atoms with Gasteiger partial charge in [0.25, 0.3) is 0 Å². The van der Waals surface area contributed by atoms with Crippen molar-refractivity contribution in [2.45, 2.75) is 26.2 Å². The molecule has 18 heavy (non-hydrogen) atoms. The third kappa shape index (κ3) is 15.5. The minimum absolute atomic E-state index is 0.242. The SMILES string of the molecule is COCCOCCOCCOCCCCC(C)=O. The standard InChI is InChI=1S/C13H26O5/c1-13(14)5-3-4-6-16-9-10-18-12-11-17-8-7-15-2/h3-12H2,1-2H3. The van der Waals surface area contributed by atoms with E-state index in [4.69, 9.17) is 18.9 Å². The molecule has 0 bridgehead atoms. The Balaban J connectivity index is 2.92. The van der Waals surface area contributed by atoms with E-state index < -0.39 is 0 Å². The van der Waals surface area contributed by atoms with Crippen molar-refractivity contribution in [3.63, 3.8) is 0 Å². The number of ketones is 1. The zero-order chi connectivity index (χ0) is 13.5. The molecule has 0 N–H and O–H groups in total. The van der Waals surface area contributed by atoms with E-state index in [-0.39, 0.29) is 5.78 Å². The maximum atomic E-state index is 10.7. The average Bonchev–Trinajstić information content (AvgIpc) is 2.34. The van der Waals surface area contributed by atoms with Gasteiger partial charge in [0.15, 0.2) is 0 Å². The van der Waals surface area contributed by atoms with E-state index in [9.17, 15) is 4.79 Å². The topological polar surface area (TPSA) is 54.0 Å². The molecule has 0 unspecified atom stereocenters. The maximum absolute atomic E-state index is 10.7. The number of carbonyl (C=O) groups excluding carboxylic acids is 1. The van der Waals surface area contributed by atoms with Gasteiger partial charge in [-0.2, -0.15) is 0 Å². The first-order chi connectivity index (χ1) is 8.77. The Kier molecular flexibility index (Phi) is 14.2. The van der Waals surface area contributed by atoms with Crippen LogP contribution in [0.25, 0.3) is 0 Å². The molecule has 5 heteroatoms. The molecular weight excluding hydrogens is 236 g/mol. The number of hydrogen-bond acceptors (Lipinski definition) is 5. The highest BCUT2D eigenvalue weighted by Gasteiger charge is 1.94. The van der Waals surface area contributed by atoms with Gasteiger partial charge in [-0.1, -0.05) is 0 Å². The van der Waals surface area contributed by atoms with Crippen LogP contribution in [0.5, 0.6) is 0 Å². The van der Waals surface area contributed by atoms with Crippen LogP contribution in [-0.4, -0.2) is 59.1 Å². The van der Waals surface area contributed by atoms with Gasteiger partial charge < -0.3 is 23.7 Å². The Morgan fingerprint density at radius 1 is 0.778 bits per heavy atom. The van der Waals surface area contributed by atoms with E-state index in [1.807, 2.05) is 0 Å². The van der Waals surface area contributed by atoms with Crippen LogP contribution in [0.4, 0.5) is 0 Å². The van der Waals surface area contributed by atoms with Crippen LogP contribution < -0.4 is 0 Å². The molecule has 0 spiro atoms. The highest BCUT2D eigenvalue weighted by molar-refractivity contribution is 5.75. The van der Waals surface area contributed by atoms with Crippen LogP contribution in [0.1, 0.15) is 26.2 Å². The number of carbonyl (C=O) groups is 1. The lowest BCUT2D eigenvalue weighted by Gasteiger charge is -2.06. The molecule has 5 nitrogen and oxygen atoms in total. The van der Waals surface area contributed by atoms with Crippen molar-refractivity contribution in [3.05, 3.63) is 0 Å². The summed E-state index contributed by atoms with van der Waals surface area (Å²) < 4.78 is 20.8. The minimum Gasteiger partial charge on any atom is -0.382 e. The Labute approximate surface area is 110 Å². The summed E-state index contributed by atoms with van der Waals surface area (Å²) in [5, 5.41) is 0. The van der Waals surface area contributed by atoms with Crippen LogP contribution in [0.2, 0.25) is 0 Å². The third-order valence-corrected chi connectivity index (χ3v) is 2.24. The number of unbranched alkanes of at least 4 members (excludes halogenated alkanes) is 1. The highest BCUT2D eigenvalue weighted by Crippen LogP contribution is 1.96. The number of Topliss-reactive ketones (excluding diaryl/α,β-unsaturated/α-hetero) is 1. The molecule has 0 radical (unpaired) electrons. The van der Waals surface area contributed by atoms with E-state index in [1.165, 1.54) is 0 Å². The minimum atomic E-state index is 0.242. The molecule has 0 rings (SSSR count). The summed E-state index contributed by atoms with van der Waals surface area (Å²) in [6, 6.07) is 0. The zero-order valence-corrected chi connectivity index (χ0v) is 11.6. The third-order valence-electron chi connectivity index (χ3n) is 2.24. The van der Waals surface area contributed by atoms with Gasteiger partial charge in [-0.3, -0.25) is 0 Å². The fraction of sp³-hybridized carbons (Fsp3) is 0.923. The second-order valence-corrected chi connectivity index (χ2v) is 3.99. The summed E-state index contributed by atoms with van der Waals surface area (Å²) in [5.74, 6) is 0.242. The number of hydrogen-bond donors (Lipinski definition) is 0. The van der Waals surface area contributed by atoms with Crippen LogP contribution in [0.15, 0.2) is 0 Å². The number of ether oxygens (including phenoxy) is 4. The van der Waals surface area contributed by atoms with Gasteiger partial charge in [0.1, 0.15) is 5.78 Å². The second-order valence-electron chi connectivity index (χ2n) is 3.99. The second kappa shape index (κ2) is 14.6. The molecule has 0 fully saturated rings. The molecular formula is C13H26O5. The summed E-state index contributed by atoms with van der Waals surface area (Å²) in [6.07, 6.45) is 2.49. The monoisotopic (exact) mass is 262 g/mol. The molecule has 0 atom stereocenters. The Morgan fingerprint density at radius 3 is 1.78 bits per heavy atom. The van der Waals surface area contributed by atoms with Crippen molar-refractivity contribution >= 4 is 5.78 Å². The summed E-state index contributed by atoms with van der Waals surface area (Å²) in [5.41, 5.74) is 0. The quantitative estimate of drug-likeness (QED) is 0.443. The first-order valence-corrected chi connectivity index (χ1v) is 6.49. The molecule has 0 heterocycles. The highest BCUT2D eigenvalue weighted by atomic mass is 16.6. The number of methoxy groups -OCH3 is 1. The smallest absolute Gasteiger partial charge is 0.129 e. The van der Waals surface area contributed by atoms with Crippen molar-refractivity contribution in [1.82, 2.24) is 0 Å². The van der Waals surface area contributed by atoms with Gasteiger partial charge in [0.2, 0.25) is 0 Å². The zero-order valence-electron chi connectivity index (χ0n) is 11.6. The largest absolute Gasteiger partial charge is 0.382 e. The van der Waals surface area contributed by atoms with Crippen molar-refractivity contribution in [2.24, 2.45) is 0 Å². The van der Waals surface area contributed by atoms with E-state index >= 15 is 0 Å². The van der Waals surface area contributed by atoms with E-state index in [0.29, 0.717) is 52.7 Å². The van der Waals surface area contributed by atoms with E-state index in [0.717, 1.165) is 12.8 Å². The molecule has 0 aliphatic rings. The Hall–Kier alpha value is -0.490. The summed E-state index contributed by atoms with van der Waals surface area (Å²) in [7, 11) is 1.65. The normalized spacial score (nSPS) is 10.8. The van der Waals surface area contributed by atoms with Gasteiger partial charge in [-0.25, -0.2) is 0 Å². The lowest BCUT2D eigenvalue weighted by atomic mass is 10.2. The predicted octanol–water partition coefficient (Wildman–Crippen LogP) is 1.44. The molecule has 108 valence electrons. The molecule has 0 aromatic rings. The van der Waals surface area contributed by atoms with Crippen molar-refractivity contribution in [2.75, 3.05) is 53.4 Å². The molecule has 0 aliphatic carbocycles. The van der Waals surface area contributed by atoms with Crippen LogP contribution in [0, 0.1) is 0 Å². The van der Waals surface area contributed by atoms with Gasteiger partial charge in [0, 0.05) is 20.1 Å². The predicted molar refractivity (Wildman–Crippen MR) is 68.9 cm³/mol. The molecule has 0 saturated heterocycles. The molecule has 0 aliphatic heterocycles. The molecule has 0 saturated carbocycles. The lowest BCUT2D eigenvalue weighted by molar-refractivity contribution is -0.117. The van der Waals surface area contributed by atoms with Crippen LogP contribution in [-0.2, 0) is 23.7 Å². The molecule has 0 aromatic heterocycles. The lowest BCUT2D eigenvalue weighted by Crippen LogP contribution is -2.11. The number of rotatable bonds is 14. The van der Waals surface area contributed by atoms with E-state index in [2.05, 4.69) is 0 Å². The fourth-order valence-corrected chi connectivity index (χ4v) is 1.26. The van der Waals surface area contributed by atoms with Crippen molar-refractivity contribution < 1.29 is 23.7 Å². The first kappa shape index (κ1) is 17.5. The van der Waals surface area contributed by atoms with Gasteiger partial charge >= 0.3 is 0 Å². The van der Waals surface area contributed by atoms with E-state index in [1.54, 1.807) is 14.0 Å². The summed E-state index contributed by atoms with van der Waals surface area (Å²) in [4.78, 5) is 10.7. The van der Waals surface area contributed by atoms with Crippen LogP contribution in [0.3, 0.4) is 0 Å². The summed E-state index contributed by atoms with van der Waals surface area (Å²) >= 11 is 0. The molecule has 0 aromatic carbocycles. The van der Waals surface area contributed by atoms with Crippen LogP contribution >= 0.6 is 0 Å². The van der Waals surface area contributed by atoms with Crippen molar-refractivity contribution in [3.8, 4) is 0 Å². The maximum Gasteiger partial charge on any atom is 0.129 e. The van der Waals surface area contributed by atoms with Gasteiger partial charge in [-0.05, 0) is 19.8 Å².